The zero-order chi connectivity index (χ0) is 19.6. The smallest absolute Gasteiger partial charge is 0.240 e. The number of amides is 2. The van der Waals surface area contributed by atoms with Crippen LogP contribution in [0.3, 0.4) is 0 Å². The molecule has 3 unspecified atom stereocenters. The first-order valence-corrected chi connectivity index (χ1v) is 10.5. The molecule has 3 atom stereocenters. The molecule has 1 aromatic rings. The first kappa shape index (κ1) is 19.7. The molecule has 0 saturated carbocycles. The van der Waals surface area contributed by atoms with Gasteiger partial charge in [0.15, 0.2) is 0 Å². The molecule has 0 spiro atoms. The fraction of sp³-hybridized carbons (Fsp3) is 0.529. The molecule has 0 bridgehead atoms. The molecule has 1 aromatic carbocycles. The first-order valence-electron chi connectivity index (χ1n) is 8.96. The fourth-order valence-electron chi connectivity index (χ4n) is 3.64. The van der Waals surface area contributed by atoms with Gasteiger partial charge in [-0.05, 0) is 30.7 Å². The van der Waals surface area contributed by atoms with Crippen LogP contribution in [0.2, 0.25) is 0 Å². The number of hydrogen-bond donors (Lipinski definition) is 4. The molecular weight excluding hydrogens is 370 g/mol. The Hall–Kier alpha value is -2.01. The molecule has 2 aliphatic heterocycles. The van der Waals surface area contributed by atoms with E-state index in [4.69, 9.17) is 5.14 Å². The van der Waals surface area contributed by atoms with Gasteiger partial charge in [0.05, 0.1) is 22.8 Å². The number of nitrogens with two attached hydrogens (primary N) is 1. The molecule has 2 heterocycles. The highest BCUT2D eigenvalue weighted by Crippen LogP contribution is 2.25. The summed E-state index contributed by atoms with van der Waals surface area (Å²) < 4.78 is 22.5. The van der Waals surface area contributed by atoms with Crippen LogP contribution < -0.4 is 21.3 Å². The molecule has 3 rings (SSSR count). The van der Waals surface area contributed by atoms with Gasteiger partial charge in [-0.1, -0.05) is 19.1 Å². The molecule has 2 aliphatic rings. The summed E-state index contributed by atoms with van der Waals surface area (Å²) in [5.74, 6) is -0.688. The Morgan fingerprint density at radius 2 is 2.00 bits per heavy atom. The molecular formula is C17H25N5O4S. The van der Waals surface area contributed by atoms with E-state index < -0.39 is 10.0 Å². The van der Waals surface area contributed by atoms with Crippen LogP contribution >= 0.6 is 0 Å². The number of hydrogen-bond acceptors (Lipinski definition) is 6. The lowest BCUT2D eigenvalue weighted by atomic mass is 9.84. The number of fused-ring (bicyclic) bond motifs is 1. The Balaban J connectivity index is 1.56. The second-order valence-corrected chi connectivity index (χ2v) is 8.52. The minimum Gasteiger partial charge on any atom is -0.355 e. The highest BCUT2D eigenvalue weighted by Gasteiger charge is 2.46. The van der Waals surface area contributed by atoms with Crippen molar-refractivity contribution in [2.24, 2.45) is 17.0 Å². The van der Waals surface area contributed by atoms with Crippen LogP contribution in [0.4, 0.5) is 0 Å². The second kappa shape index (κ2) is 7.93. The molecule has 10 heteroatoms. The van der Waals surface area contributed by atoms with E-state index in [1.54, 1.807) is 12.1 Å². The van der Waals surface area contributed by atoms with E-state index >= 15 is 0 Å². The van der Waals surface area contributed by atoms with Crippen molar-refractivity contribution < 1.29 is 18.0 Å². The molecule has 5 N–H and O–H groups in total. The van der Waals surface area contributed by atoms with Crippen molar-refractivity contribution in [1.82, 2.24) is 21.1 Å². The number of sulfonamides is 1. The van der Waals surface area contributed by atoms with E-state index in [9.17, 15) is 18.0 Å². The quantitative estimate of drug-likeness (QED) is 0.466. The maximum Gasteiger partial charge on any atom is 0.240 e. The van der Waals surface area contributed by atoms with Gasteiger partial charge in [0.2, 0.25) is 21.8 Å². The van der Waals surface area contributed by atoms with Gasteiger partial charge in [0.25, 0.3) is 0 Å². The van der Waals surface area contributed by atoms with Gasteiger partial charge in [-0.25, -0.2) is 19.0 Å². The predicted molar refractivity (Wildman–Crippen MR) is 98.7 cm³/mol. The molecule has 0 radical (unpaired) electrons. The lowest BCUT2D eigenvalue weighted by Crippen LogP contribution is -2.57. The summed E-state index contributed by atoms with van der Waals surface area (Å²) in [7, 11) is -3.70. The number of hydrazine groups is 1. The van der Waals surface area contributed by atoms with Crippen LogP contribution in [0, 0.1) is 11.8 Å². The van der Waals surface area contributed by atoms with E-state index in [1.807, 2.05) is 6.92 Å². The van der Waals surface area contributed by atoms with Gasteiger partial charge in [0.1, 0.15) is 0 Å². The monoisotopic (exact) mass is 395 g/mol. The van der Waals surface area contributed by atoms with Crippen LogP contribution in [0.1, 0.15) is 12.5 Å². The zero-order valence-electron chi connectivity index (χ0n) is 15.1. The molecule has 9 nitrogen and oxygen atoms in total. The lowest BCUT2D eigenvalue weighted by molar-refractivity contribution is -0.129. The molecule has 2 saturated heterocycles. The Morgan fingerprint density at radius 3 is 2.63 bits per heavy atom. The zero-order valence-corrected chi connectivity index (χ0v) is 16.0. The Bertz CT molecular complexity index is 811. The van der Waals surface area contributed by atoms with E-state index in [1.165, 1.54) is 12.1 Å². The molecule has 2 fully saturated rings. The van der Waals surface area contributed by atoms with E-state index in [0.29, 0.717) is 26.1 Å². The summed E-state index contributed by atoms with van der Waals surface area (Å²) in [5.41, 5.74) is 6.49. The normalized spacial score (nSPS) is 25.7. The minimum atomic E-state index is -3.70. The Morgan fingerprint density at radius 1 is 1.30 bits per heavy atom. The maximum absolute atomic E-state index is 12.7. The Labute approximate surface area is 158 Å². The van der Waals surface area contributed by atoms with E-state index in [0.717, 1.165) is 12.1 Å². The van der Waals surface area contributed by atoms with Crippen LogP contribution in [0.5, 0.6) is 0 Å². The van der Waals surface area contributed by atoms with Crippen LogP contribution in [-0.4, -0.2) is 57.4 Å². The van der Waals surface area contributed by atoms with Gasteiger partial charge in [-0.15, -0.1) is 0 Å². The maximum atomic E-state index is 12.7. The van der Waals surface area contributed by atoms with Crippen molar-refractivity contribution in [2.75, 3.05) is 26.2 Å². The van der Waals surface area contributed by atoms with E-state index in [-0.39, 0.29) is 34.6 Å². The molecule has 0 aromatic heterocycles. The van der Waals surface area contributed by atoms with Crippen LogP contribution in [0.15, 0.2) is 29.2 Å². The second-order valence-electron chi connectivity index (χ2n) is 6.95. The SMILES string of the molecule is CCN1CC(C(=O)NCCc2ccc(S(N)(=O)=O)cc2)C2NNC(=O)C2C1. The van der Waals surface area contributed by atoms with Crippen molar-refractivity contribution in [3.05, 3.63) is 29.8 Å². The largest absolute Gasteiger partial charge is 0.355 e. The first-order chi connectivity index (χ1) is 12.8. The standard InChI is InChI=1S/C17H25N5O4S/c1-2-22-9-13(15-14(10-22)17(24)21-20-15)16(23)19-8-7-11-3-5-12(6-4-11)27(18,25)26/h3-6,13-15,20H,2,7-10H2,1H3,(H,19,23)(H,21,24)(H2,18,25,26). The van der Waals surface area contributed by atoms with Crippen LogP contribution in [-0.2, 0) is 26.0 Å². The average Bonchev–Trinajstić information content (AvgIpc) is 3.01. The summed E-state index contributed by atoms with van der Waals surface area (Å²) in [5, 5.41) is 8.01. The van der Waals surface area contributed by atoms with Gasteiger partial charge in [0, 0.05) is 19.6 Å². The van der Waals surface area contributed by atoms with Gasteiger partial charge < -0.3 is 10.2 Å². The highest BCUT2D eigenvalue weighted by molar-refractivity contribution is 7.89. The highest BCUT2D eigenvalue weighted by atomic mass is 32.2. The number of carbonyl (C=O) groups excluding carboxylic acids is 2. The minimum absolute atomic E-state index is 0.0627. The molecule has 27 heavy (non-hydrogen) atoms. The number of nitrogens with zero attached hydrogens (tertiary/aromatic N) is 1. The van der Waals surface area contributed by atoms with Crippen molar-refractivity contribution >= 4 is 21.8 Å². The van der Waals surface area contributed by atoms with E-state index in [2.05, 4.69) is 21.1 Å². The number of nitrogens with one attached hydrogen (secondary N) is 3. The number of piperidine rings is 1. The van der Waals surface area contributed by atoms with Gasteiger partial charge in [-0.2, -0.15) is 0 Å². The predicted octanol–water partition coefficient (Wildman–Crippen LogP) is -1.44. The summed E-state index contributed by atoms with van der Waals surface area (Å²) in [6.07, 6.45) is 0.569. The number of primary sulfonamides is 1. The third-order valence-corrected chi connectivity index (χ3v) is 6.15. The average molecular weight is 395 g/mol. The van der Waals surface area contributed by atoms with Gasteiger partial charge in [-0.3, -0.25) is 15.0 Å². The summed E-state index contributed by atoms with van der Waals surface area (Å²) >= 11 is 0. The topological polar surface area (TPSA) is 134 Å². The summed E-state index contributed by atoms with van der Waals surface area (Å²) in [6, 6.07) is 6.08. The third kappa shape index (κ3) is 4.46. The number of benzene rings is 1. The lowest BCUT2D eigenvalue weighted by Gasteiger charge is -2.37. The van der Waals surface area contributed by atoms with Crippen molar-refractivity contribution in [3.63, 3.8) is 0 Å². The van der Waals surface area contributed by atoms with Gasteiger partial charge >= 0.3 is 0 Å². The molecule has 2 amide bonds. The Kier molecular flexibility index (Phi) is 5.80. The van der Waals surface area contributed by atoms with Crippen molar-refractivity contribution in [2.45, 2.75) is 24.3 Å². The summed E-state index contributed by atoms with van der Waals surface area (Å²) in [4.78, 5) is 26.8. The number of carbonyl (C=O) groups is 2. The molecule has 0 aliphatic carbocycles. The summed E-state index contributed by atoms with van der Waals surface area (Å²) in [6.45, 7) is 4.49. The molecule has 148 valence electrons. The van der Waals surface area contributed by atoms with Crippen molar-refractivity contribution in [1.29, 1.82) is 0 Å². The van der Waals surface area contributed by atoms with Crippen molar-refractivity contribution in [3.8, 4) is 0 Å². The number of rotatable bonds is 6. The fourth-order valence-corrected chi connectivity index (χ4v) is 4.16. The number of likely N-dealkylation sites (tertiary alicyclic amines) is 1. The third-order valence-electron chi connectivity index (χ3n) is 5.22. The van der Waals surface area contributed by atoms with Crippen LogP contribution in [0.25, 0.3) is 0 Å².